The Bertz CT molecular complexity index is 607. The molecular weight excluding hydrogens is 240 g/mol. The summed E-state index contributed by atoms with van der Waals surface area (Å²) in [7, 11) is 0. The zero-order chi connectivity index (χ0) is 10.4. The van der Waals surface area contributed by atoms with Gasteiger partial charge in [0.05, 0.1) is 9.40 Å². The van der Waals surface area contributed by atoms with E-state index in [9.17, 15) is 0 Å². The van der Waals surface area contributed by atoms with Gasteiger partial charge in [-0.1, -0.05) is 25.3 Å². The maximum absolute atomic E-state index is 3.81. The summed E-state index contributed by atoms with van der Waals surface area (Å²) in [5.41, 5.74) is 0. The van der Waals surface area contributed by atoms with Crippen molar-refractivity contribution in [3.63, 3.8) is 0 Å². The van der Waals surface area contributed by atoms with Crippen molar-refractivity contribution in [3.8, 4) is 0 Å². The van der Waals surface area contributed by atoms with Crippen molar-refractivity contribution >= 4 is 65.0 Å². The molecule has 0 aliphatic rings. The molecule has 0 aliphatic carbocycles. The SMILES string of the molecule is C=Cc1cc2sc3cc(C=C)sc3c2s1. The van der Waals surface area contributed by atoms with E-state index < -0.39 is 0 Å². The molecule has 0 amide bonds. The Morgan fingerprint density at radius 2 is 1.27 bits per heavy atom. The molecule has 0 saturated carbocycles. The van der Waals surface area contributed by atoms with Gasteiger partial charge in [-0.2, -0.15) is 0 Å². The Hall–Kier alpha value is -0.900. The van der Waals surface area contributed by atoms with Crippen LogP contribution >= 0.6 is 34.0 Å². The summed E-state index contributed by atoms with van der Waals surface area (Å²) in [5, 5.41) is 0. The summed E-state index contributed by atoms with van der Waals surface area (Å²) in [6, 6.07) is 4.44. The zero-order valence-corrected chi connectivity index (χ0v) is 10.4. The van der Waals surface area contributed by atoms with E-state index in [1.807, 2.05) is 46.2 Å². The van der Waals surface area contributed by atoms with Crippen molar-refractivity contribution in [2.24, 2.45) is 0 Å². The molecule has 0 aliphatic heterocycles. The van der Waals surface area contributed by atoms with Crippen molar-refractivity contribution in [2.75, 3.05) is 0 Å². The van der Waals surface area contributed by atoms with Crippen LogP contribution in [0.1, 0.15) is 9.75 Å². The van der Waals surface area contributed by atoms with Crippen molar-refractivity contribution in [2.45, 2.75) is 0 Å². The zero-order valence-electron chi connectivity index (χ0n) is 7.95. The number of fused-ring (bicyclic) bond motifs is 3. The number of hydrogen-bond donors (Lipinski definition) is 0. The molecule has 0 N–H and O–H groups in total. The second-order valence-corrected chi connectivity index (χ2v) is 6.45. The van der Waals surface area contributed by atoms with Crippen LogP contribution in [0.5, 0.6) is 0 Å². The topological polar surface area (TPSA) is 0 Å². The highest BCUT2D eigenvalue weighted by Crippen LogP contribution is 2.43. The molecule has 0 spiro atoms. The van der Waals surface area contributed by atoms with Gasteiger partial charge in [-0.15, -0.1) is 34.0 Å². The van der Waals surface area contributed by atoms with Gasteiger partial charge in [0.1, 0.15) is 0 Å². The molecule has 0 aromatic carbocycles. The molecule has 3 rings (SSSR count). The first-order chi connectivity index (χ1) is 7.31. The Kier molecular flexibility index (Phi) is 2.06. The van der Waals surface area contributed by atoms with Gasteiger partial charge >= 0.3 is 0 Å². The average molecular weight is 248 g/mol. The van der Waals surface area contributed by atoms with E-state index in [1.54, 1.807) is 0 Å². The minimum Gasteiger partial charge on any atom is -0.133 e. The van der Waals surface area contributed by atoms with Crippen molar-refractivity contribution in [1.82, 2.24) is 0 Å². The van der Waals surface area contributed by atoms with Crippen LogP contribution in [0, 0.1) is 0 Å². The molecule has 0 saturated heterocycles. The molecule has 0 unspecified atom stereocenters. The van der Waals surface area contributed by atoms with Crippen LogP contribution in [0.3, 0.4) is 0 Å². The third-order valence-corrected chi connectivity index (χ3v) is 6.03. The Labute approximate surface area is 99.8 Å². The fourth-order valence-corrected chi connectivity index (χ4v) is 5.32. The second-order valence-electron chi connectivity index (χ2n) is 3.19. The van der Waals surface area contributed by atoms with Crippen LogP contribution < -0.4 is 0 Å². The lowest BCUT2D eigenvalue weighted by Crippen LogP contribution is -1.49. The summed E-state index contributed by atoms with van der Waals surface area (Å²) in [6.45, 7) is 7.62. The molecule has 3 aromatic rings. The van der Waals surface area contributed by atoms with Gasteiger partial charge in [0.25, 0.3) is 0 Å². The third kappa shape index (κ3) is 1.31. The highest BCUT2D eigenvalue weighted by atomic mass is 32.1. The van der Waals surface area contributed by atoms with Crippen molar-refractivity contribution in [1.29, 1.82) is 0 Å². The van der Waals surface area contributed by atoms with Gasteiger partial charge in [-0.25, -0.2) is 0 Å². The Morgan fingerprint density at radius 3 is 1.67 bits per heavy atom. The smallest absolute Gasteiger partial charge is 0.0635 e. The molecule has 74 valence electrons. The van der Waals surface area contributed by atoms with Crippen LogP contribution in [0.4, 0.5) is 0 Å². The standard InChI is InChI=1S/C12H8S3/c1-3-7-5-9-11(13-7)12-10(15-9)6-8(4-2)14-12/h3-6H,1-2H2. The van der Waals surface area contributed by atoms with Gasteiger partial charge in [0.15, 0.2) is 0 Å². The van der Waals surface area contributed by atoms with Gasteiger partial charge in [-0.3, -0.25) is 0 Å². The fourth-order valence-electron chi connectivity index (χ4n) is 1.57. The lowest BCUT2D eigenvalue weighted by molar-refractivity contribution is 2.09. The monoisotopic (exact) mass is 248 g/mol. The van der Waals surface area contributed by atoms with Crippen molar-refractivity contribution < 1.29 is 0 Å². The normalized spacial score (nSPS) is 11.2. The van der Waals surface area contributed by atoms with Gasteiger partial charge in [0.2, 0.25) is 0 Å². The van der Waals surface area contributed by atoms with Gasteiger partial charge in [-0.05, 0) is 12.1 Å². The summed E-state index contributed by atoms with van der Waals surface area (Å²) >= 11 is 5.51. The maximum Gasteiger partial charge on any atom is 0.0635 e. The van der Waals surface area contributed by atoms with E-state index in [2.05, 4.69) is 25.3 Å². The lowest BCUT2D eigenvalue weighted by atomic mass is 10.4. The lowest BCUT2D eigenvalue weighted by Gasteiger charge is -1.78. The highest BCUT2D eigenvalue weighted by Gasteiger charge is 2.10. The highest BCUT2D eigenvalue weighted by molar-refractivity contribution is 7.38. The molecule has 15 heavy (non-hydrogen) atoms. The van der Waals surface area contributed by atoms with E-state index in [0.717, 1.165) is 0 Å². The summed E-state index contributed by atoms with van der Waals surface area (Å²) in [5.74, 6) is 0. The predicted octanol–water partition coefficient (Wildman–Crippen LogP) is 5.46. The van der Waals surface area contributed by atoms with Gasteiger partial charge in [0, 0.05) is 19.2 Å². The van der Waals surface area contributed by atoms with E-state index in [0.29, 0.717) is 0 Å². The summed E-state index contributed by atoms with van der Waals surface area (Å²) in [4.78, 5) is 2.51. The molecule has 3 heteroatoms. The average Bonchev–Trinajstić information content (AvgIpc) is 2.85. The predicted molar refractivity (Wildman–Crippen MR) is 75.3 cm³/mol. The van der Waals surface area contributed by atoms with Crippen LogP contribution in [0.15, 0.2) is 25.3 Å². The quantitative estimate of drug-likeness (QED) is 0.564. The number of thiophene rings is 3. The van der Waals surface area contributed by atoms with E-state index >= 15 is 0 Å². The summed E-state index contributed by atoms with van der Waals surface area (Å²) in [6.07, 6.45) is 3.84. The van der Waals surface area contributed by atoms with Crippen LogP contribution in [0.2, 0.25) is 0 Å². The molecule has 3 aromatic heterocycles. The fraction of sp³-hybridized carbons (Fsp3) is 0. The maximum atomic E-state index is 3.81. The molecule has 0 radical (unpaired) electrons. The minimum atomic E-state index is 1.26. The molecule has 0 bridgehead atoms. The first-order valence-corrected chi connectivity index (χ1v) is 6.97. The number of rotatable bonds is 2. The van der Waals surface area contributed by atoms with Crippen LogP contribution in [-0.2, 0) is 0 Å². The van der Waals surface area contributed by atoms with Crippen LogP contribution in [0.25, 0.3) is 31.0 Å². The first-order valence-electron chi connectivity index (χ1n) is 4.52. The second kappa shape index (κ2) is 3.30. The van der Waals surface area contributed by atoms with Gasteiger partial charge < -0.3 is 0 Å². The Balaban J connectivity index is 2.41. The molecule has 0 atom stereocenters. The molecule has 3 heterocycles. The number of hydrogen-bond acceptors (Lipinski definition) is 3. The molecular formula is C12H8S3. The Morgan fingerprint density at radius 1 is 0.800 bits per heavy atom. The first kappa shape index (κ1) is 9.33. The van der Waals surface area contributed by atoms with E-state index in [4.69, 9.17) is 0 Å². The molecule has 0 fully saturated rings. The molecule has 0 nitrogen and oxygen atoms in total. The largest absolute Gasteiger partial charge is 0.133 e. The van der Waals surface area contributed by atoms with E-state index in [-0.39, 0.29) is 0 Å². The minimum absolute atomic E-state index is 1.26. The van der Waals surface area contributed by atoms with E-state index in [1.165, 1.54) is 28.6 Å². The summed E-state index contributed by atoms with van der Waals surface area (Å²) < 4.78 is 5.57. The van der Waals surface area contributed by atoms with Crippen LogP contribution in [-0.4, -0.2) is 0 Å². The third-order valence-electron chi connectivity index (χ3n) is 2.26. The van der Waals surface area contributed by atoms with Crippen molar-refractivity contribution in [3.05, 3.63) is 35.0 Å².